The van der Waals surface area contributed by atoms with E-state index in [0.29, 0.717) is 21.3 Å². The molecule has 0 bridgehead atoms. The highest BCUT2D eigenvalue weighted by molar-refractivity contribution is 8.26. The molecule has 0 unspecified atom stereocenters. The van der Waals surface area contributed by atoms with Gasteiger partial charge in [0, 0.05) is 6.54 Å². The second-order valence-electron chi connectivity index (χ2n) is 4.05. The lowest BCUT2D eigenvalue weighted by molar-refractivity contribution is -0.137. The number of benzene rings is 1. The van der Waals surface area contributed by atoms with Gasteiger partial charge >= 0.3 is 6.18 Å². The maximum absolute atomic E-state index is 12.4. The molecule has 1 aliphatic rings. The summed E-state index contributed by atoms with van der Waals surface area (Å²) in [5.74, 6) is -0.206. The van der Waals surface area contributed by atoms with Gasteiger partial charge in [0.05, 0.1) is 10.5 Å². The van der Waals surface area contributed by atoms with Crippen molar-refractivity contribution >= 4 is 40.3 Å². The van der Waals surface area contributed by atoms with Crippen LogP contribution in [0.4, 0.5) is 13.2 Å². The molecule has 106 valence electrons. The lowest BCUT2D eigenvalue weighted by Gasteiger charge is -2.09. The number of amides is 1. The molecule has 0 aromatic heterocycles. The molecule has 1 aromatic carbocycles. The fraction of sp³-hybridized carbons (Fsp3) is 0.231. The average molecular weight is 317 g/mol. The number of likely N-dealkylation sites (N-methyl/N-ethyl adjacent to an activating group) is 1. The molecule has 1 aromatic rings. The third-order valence-electron chi connectivity index (χ3n) is 2.73. The van der Waals surface area contributed by atoms with E-state index in [0.717, 1.165) is 23.9 Å². The van der Waals surface area contributed by atoms with Crippen molar-refractivity contribution in [3.63, 3.8) is 0 Å². The van der Waals surface area contributed by atoms with Gasteiger partial charge in [0.2, 0.25) is 0 Å². The van der Waals surface area contributed by atoms with Crippen LogP contribution >= 0.6 is 24.0 Å². The van der Waals surface area contributed by atoms with Gasteiger partial charge in [-0.05, 0) is 30.7 Å². The zero-order valence-corrected chi connectivity index (χ0v) is 12.0. The average Bonchev–Trinajstić information content (AvgIpc) is 2.63. The van der Waals surface area contributed by atoms with E-state index in [1.807, 2.05) is 6.92 Å². The van der Waals surface area contributed by atoms with Gasteiger partial charge < -0.3 is 0 Å². The molecule has 2 rings (SSSR count). The van der Waals surface area contributed by atoms with Crippen LogP contribution in [-0.2, 0) is 11.0 Å². The molecule has 0 saturated carbocycles. The number of hydrogen-bond donors (Lipinski definition) is 0. The van der Waals surface area contributed by atoms with E-state index in [9.17, 15) is 18.0 Å². The first-order chi connectivity index (χ1) is 9.32. The van der Waals surface area contributed by atoms with Crippen molar-refractivity contribution < 1.29 is 18.0 Å². The minimum Gasteiger partial charge on any atom is -0.293 e. The standard InChI is InChI=1S/C13H10F3NOS2/c1-2-17-11(18)10(20-12(17)19)7-8-3-5-9(6-4-8)13(14,15)16/h3-7H,2H2,1H3/b10-7-. The van der Waals surface area contributed by atoms with Crippen LogP contribution in [0, 0.1) is 0 Å². The zero-order valence-electron chi connectivity index (χ0n) is 10.4. The van der Waals surface area contributed by atoms with Crippen LogP contribution in [-0.4, -0.2) is 21.7 Å². The van der Waals surface area contributed by atoms with Gasteiger partial charge in [-0.3, -0.25) is 9.69 Å². The predicted molar refractivity (Wildman–Crippen MR) is 77.0 cm³/mol. The quantitative estimate of drug-likeness (QED) is 0.609. The molecule has 0 aliphatic carbocycles. The van der Waals surface area contributed by atoms with E-state index < -0.39 is 11.7 Å². The molecule has 0 radical (unpaired) electrons. The molecule has 20 heavy (non-hydrogen) atoms. The van der Waals surface area contributed by atoms with E-state index in [1.165, 1.54) is 17.0 Å². The maximum atomic E-state index is 12.4. The molecular weight excluding hydrogens is 307 g/mol. The van der Waals surface area contributed by atoms with Crippen LogP contribution in [0.3, 0.4) is 0 Å². The molecule has 1 amide bonds. The molecule has 1 aliphatic heterocycles. The highest BCUT2D eigenvalue weighted by Gasteiger charge is 2.31. The van der Waals surface area contributed by atoms with Crippen molar-refractivity contribution in [3.05, 3.63) is 40.3 Å². The molecule has 0 atom stereocenters. The number of rotatable bonds is 2. The van der Waals surface area contributed by atoms with Crippen LogP contribution in [0.25, 0.3) is 6.08 Å². The molecule has 1 fully saturated rings. The van der Waals surface area contributed by atoms with Gasteiger partial charge in [-0.1, -0.05) is 36.1 Å². The summed E-state index contributed by atoms with van der Waals surface area (Å²) in [6, 6.07) is 4.65. The minimum atomic E-state index is -4.36. The number of thiocarbonyl (C=S) groups is 1. The molecule has 7 heteroatoms. The number of nitrogens with zero attached hydrogens (tertiary/aromatic N) is 1. The highest BCUT2D eigenvalue weighted by Crippen LogP contribution is 2.33. The normalized spacial score (nSPS) is 18.2. The van der Waals surface area contributed by atoms with Gasteiger partial charge in [-0.25, -0.2) is 0 Å². The Morgan fingerprint density at radius 1 is 1.30 bits per heavy atom. The van der Waals surface area contributed by atoms with Gasteiger partial charge in [0.25, 0.3) is 5.91 Å². The van der Waals surface area contributed by atoms with Crippen molar-refractivity contribution in [2.45, 2.75) is 13.1 Å². The third kappa shape index (κ3) is 3.04. The molecule has 0 N–H and O–H groups in total. The summed E-state index contributed by atoms with van der Waals surface area (Å²) >= 11 is 6.22. The number of hydrogen-bond acceptors (Lipinski definition) is 3. The first-order valence-corrected chi connectivity index (χ1v) is 6.98. The Morgan fingerprint density at radius 3 is 2.35 bits per heavy atom. The smallest absolute Gasteiger partial charge is 0.293 e. The second-order valence-corrected chi connectivity index (χ2v) is 5.72. The summed E-state index contributed by atoms with van der Waals surface area (Å²) < 4.78 is 37.8. The number of thioether (sulfide) groups is 1. The van der Waals surface area contributed by atoms with Crippen molar-refractivity contribution in [1.29, 1.82) is 0 Å². The monoisotopic (exact) mass is 317 g/mol. The Labute approximate surface area is 123 Å². The number of carbonyl (C=O) groups excluding carboxylic acids is 1. The Morgan fingerprint density at radius 2 is 1.90 bits per heavy atom. The number of halogens is 3. The highest BCUT2D eigenvalue weighted by atomic mass is 32.2. The van der Waals surface area contributed by atoms with Gasteiger partial charge in [-0.15, -0.1) is 0 Å². The fourth-order valence-electron chi connectivity index (χ4n) is 1.69. The van der Waals surface area contributed by atoms with Gasteiger partial charge in [0.15, 0.2) is 0 Å². The first-order valence-electron chi connectivity index (χ1n) is 5.75. The van der Waals surface area contributed by atoms with Crippen LogP contribution in [0.1, 0.15) is 18.1 Å². The minimum absolute atomic E-state index is 0.206. The number of alkyl halides is 3. The van der Waals surface area contributed by atoms with Crippen LogP contribution in [0.15, 0.2) is 29.2 Å². The van der Waals surface area contributed by atoms with E-state index in [2.05, 4.69) is 0 Å². The first kappa shape index (κ1) is 15.1. The van der Waals surface area contributed by atoms with Crippen LogP contribution in [0.5, 0.6) is 0 Å². The van der Waals surface area contributed by atoms with E-state index in [1.54, 1.807) is 6.08 Å². The van der Waals surface area contributed by atoms with Crippen LogP contribution in [0.2, 0.25) is 0 Å². The number of carbonyl (C=O) groups is 1. The summed E-state index contributed by atoms with van der Waals surface area (Å²) in [5, 5.41) is 0. The molecule has 0 spiro atoms. The van der Waals surface area contributed by atoms with Crippen LogP contribution < -0.4 is 0 Å². The fourth-order valence-corrected chi connectivity index (χ4v) is 3.08. The van der Waals surface area contributed by atoms with Crippen molar-refractivity contribution in [3.8, 4) is 0 Å². The van der Waals surface area contributed by atoms with E-state index in [4.69, 9.17) is 12.2 Å². The maximum Gasteiger partial charge on any atom is 0.416 e. The predicted octanol–water partition coefficient (Wildman–Crippen LogP) is 3.93. The van der Waals surface area contributed by atoms with Gasteiger partial charge in [0.1, 0.15) is 4.32 Å². The van der Waals surface area contributed by atoms with Crippen molar-refractivity contribution in [2.75, 3.05) is 6.54 Å². The molecule has 2 nitrogen and oxygen atoms in total. The van der Waals surface area contributed by atoms with E-state index >= 15 is 0 Å². The van der Waals surface area contributed by atoms with Crippen molar-refractivity contribution in [2.24, 2.45) is 0 Å². The Bertz CT molecular complexity index is 578. The largest absolute Gasteiger partial charge is 0.416 e. The molecule has 1 saturated heterocycles. The third-order valence-corrected chi connectivity index (χ3v) is 4.10. The summed E-state index contributed by atoms with van der Waals surface area (Å²) in [4.78, 5) is 13.8. The van der Waals surface area contributed by atoms with E-state index in [-0.39, 0.29) is 5.91 Å². The summed E-state index contributed by atoms with van der Waals surface area (Å²) in [5.41, 5.74) is -0.176. The van der Waals surface area contributed by atoms with Crippen molar-refractivity contribution in [1.82, 2.24) is 4.90 Å². The second kappa shape index (κ2) is 5.57. The van der Waals surface area contributed by atoms with Gasteiger partial charge in [-0.2, -0.15) is 13.2 Å². The summed E-state index contributed by atoms with van der Waals surface area (Å²) in [6.07, 6.45) is -2.81. The topological polar surface area (TPSA) is 20.3 Å². The summed E-state index contributed by atoms with van der Waals surface area (Å²) in [6.45, 7) is 2.29. The lowest BCUT2D eigenvalue weighted by Crippen LogP contribution is -2.27. The SMILES string of the molecule is CCN1C(=O)/C(=C/c2ccc(C(F)(F)F)cc2)SC1=S. The Hall–Kier alpha value is -1.34. The Kier molecular flexibility index (Phi) is 4.19. The summed E-state index contributed by atoms with van der Waals surface area (Å²) in [7, 11) is 0. The lowest BCUT2D eigenvalue weighted by atomic mass is 10.1. The zero-order chi connectivity index (χ0) is 14.9. The Balaban J connectivity index is 2.24. The molecule has 1 heterocycles. The molecular formula is C13H10F3NOS2.